The number of carbonyl (C=O) groups excluding carboxylic acids is 1. The van der Waals surface area contributed by atoms with Crippen LogP contribution in [0.4, 0.5) is 4.79 Å². The minimum atomic E-state index is -0.865. The summed E-state index contributed by atoms with van der Waals surface area (Å²) in [5, 5.41) is 18.3. The van der Waals surface area contributed by atoms with Gasteiger partial charge in [-0.05, 0) is 12.5 Å². The number of nitrogens with one attached hydrogen (secondary N) is 2. The van der Waals surface area contributed by atoms with Crippen LogP contribution in [0.3, 0.4) is 0 Å². The molecule has 102 valence electrons. The minimum absolute atomic E-state index is 0.229. The molecule has 19 heavy (non-hydrogen) atoms. The molecule has 0 saturated carbocycles. The predicted molar refractivity (Wildman–Crippen MR) is 67.3 cm³/mol. The quantitative estimate of drug-likeness (QED) is 0.679. The summed E-state index contributed by atoms with van der Waals surface area (Å²) in [7, 11) is 1.80. The minimum Gasteiger partial charge on any atom is -0.481 e. The molecule has 0 saturated heterocycles. The summed E-state index contributed by atoms with van der Waals surface area (Å²) in [6.07, 6.45) is 5.37. The van der Waals surface area contributed by atoms with Crippen molar-refractivity contribution in [3.8, 4) is 0 Å². The molecule has 1 aromatic heterocycles. The van der Waals surface area contributed by atoms with Gasteiger partial charge in [0.25, 0.3) is 0 Å². The first-order valence-corrected chi connectivity index (χ1v) is 5.98. The Morgan fingerprint density at radius 3 is 2.89 bits per heavy atom. The van der Waals surface area contributed by atoms with E-state index in [1.807, 2.05) is 6.07 Å². The van der Waals surface area contributed by atoms with Gasteiger partial charge >= 0.3 is 12.0 Å². The first-order chi connectivity index (χ1) is 9.06. The number of carboxylic acid groups (broad SMARTS) is 1. The van der Waals surface area contributed by atoms with Crippen molar-refractivity contribution in [3.63, 3.8) is 0 Å². The summed E-state index contributed by atoms with van der Waals surface area (Å²) in [5.41, 5.74) is 0.889. The van der Waals surface area contributed by atoms with E-state index in [-0.39, 0.29) is 12.1 Å². The van der Waals surface area contributed by atoms with Gasteiger partial charge in [-0.3, -0.25) is 9.48 Å². The molecule has 2 atom stereocenters. The molecule has 0 radical (unpaired) electrons. The normalized spacial score (nSPS) is 21.3. The second-order valence-corrected chi connectivity index (χ2v) is 4.44. The number of hydrogen-bond acceptors (Lipinski definition) is 3. The van der Waals surface area contributed by atoms with Gasteiger partial charge in [-0.15, -0.1) is 0 Å². The van der Waals surface area contributed by atoms with Crippen molar-refractivity contribution in [2.24, 2.45) is 13.0 Å². The number of amides is 2. The lowest BCUT2D eigenvalue weighted by Gasteiger charge is -2.13. The second-order valence-electron chi connectivity index (χ2n) is 4.44. The van der Waals surface area contributed by atoms with E-state index in [1.54, 1.807) is 30.1 Å². The monoisotopic (exact) mass is 264 g/mol. The molecule has 2 amide bonds. The molecular weight excluding hydrogens is 248 g/mol. The third-order valence-electron chi connectivity index (χ3n) is 3.07. The zero-order valence-electron chi connectivity index (χ0n) is 10.5. The summed E-state index contributed by atoms with van der Waals surface area (Å²) in [6, 6.07) is 1.27. The van der Waals surface area contributed by atoms with Crippen molar-refractivity contribution in [1.82, 2.24) is 20.4 Å². The maximum atomic E-state index is 11.6. The van der Waals surface area contributed by atoms with Gasteiger partial charge in [-0.2, -0.15) is 5.10 Å². The first-order valence-electron chi connectivity index (χ1n) is 5.98. The third kappa shape index (κ3) is 3.34. The Kier molecular flexibility index (Phi) is 3.84. The number of nitrogens with zero attached hydrogens (tertiary/aromatic N) is 2. The van der Waals surface area contributed by atoms with Gasteiger partial charge in [0.2, 0.25) is 0 Å². The highest BCUT2D eigenvalue weighted by atomic mass is 16.4. The Hall–Kier alpha value is -2.31. The van der Waals surface area contributed by atoms with Gasteiger partial charge in [0, 0.05) is 13.2 Å². The Balaban J connectivity index is 1.75. The molecule has 2 rings (SSSR count). The number of aryl methyl sites for hydroxylation is 1. The van der Waals surface area contributed by atoms with Gasteiger partial charge in [0.05, 0.1) is 24.2 Å². The molecule has 2 unspecified atom stereocenters. The van der Waals surface area contributed by atoms with Crippen LogP contribution in [-0.4, -0.2) is 32.9 Å². The lowest BCUT2D eigenvalue weighted by atomic mass is 10.1. The largest absolute Gasteiger partial charge is 0.481 e. The zero-order chi connectivity index (χ0) is 13.8. The number of aromatic nitrogens is 2. The van der Waals surface area contributed by atoms with E-state index in [9.17, 15) is 9.59 Å². The molecule has 0 aromatic carbocycles. The van der Waals surface area contributed by atoms with Gasteiger partial charge in [-0.1, -0.05) is 12.2 Å². The zero-order valence-corrected chi connectivity index (χ0v) is 10.5. The van der Waals surface area contributed by atoms with Crippen LogP contribution >= 0.6 is 0 Å². The highest BCUT2D eigenvalue weighted by Gasteiger charge is 2.25. The van der Waals surface area contributed by atoms with Crippen LogP contribution in [0.25, 0.3) is 0 Å². The SMILES string of the molecule is Cn1nccc1CNC(=O)NC1C=CC(C(=O)O)C1. The van der Waals surface area contributed by atoms with Gasteiger partial charge in [0.15, 0.2) is 0 Å². The number of hydrogen-bond donors (Lipinski definition) is 3. The number of carbonyl (C=O) groups is 2. The van der Waals surface area contributed by atoms with Crippen LogP contribution in [0.2, 0.25) is 0 Å². The highest BCUT2D eigenvalue weighted by Crippen LogP contribution is 2.17. The van der Waals surface area contributed by atoms with E-state index in [1.165, 1.54) is 0 Å². The van der Waals surface area contributed by atoms with E-state index in [4.69, 9.17) is 5.11 Å². The molecule has 0 spiro atoms. The van der Waals surface area contributed by atoms with Gasteiger partial charge < -0.3 is 15.7 Å². The van der Waals surface area contributed by atoms with E-state index < -0.39 is 11.9 Å². The van der Waals surface area contributed by atoms with Crippen molar-refractivity contribution in [3.05, 3.63) is 30.1 Å². The fraction of sp³-hybridized carbons (Fsp3) is 0.417. The van der Waals surface area contributed by atoms with Crippen molar-refractivity contribution in [2.45, 2.75) is 19.0 Å². The molecule has 3 N–H and O–H groups in total. The van der Waals surface area contributed by atoms with Crippen molar-refractivity contribution >= 4 is 12.0 Å². The Labute approximate surface area is 110 Å². The van der Waals surface area contributed by atoms with Crippen LogP contribution < -0.4 is 10.6 Å². The molecule has 0 fully saturated rings. The molecule has 7 heteroatoms. The molecule has 0 aliphatic heterocycles. The number of urea groups is 1. The summed E-state index contributed by atoms with van der Waals surface area (Å²) in [6.45, 7) is 0.376. The van der Waals surface area contributed by atoms with E-state index in [2.05, 4.69) is 15.7 Å². The topological polar surface area (TPSA) is 96.3 Å². The first kappa shape index (κ1) is 13.1. The predicted octanol–water partition coefficient (Wildman–Crippen LogP) is 0.249. The van der Waals surface area contributed by atoms with Gasteiger partial charge in [0.1, 0.15) is 0 Å². The smallest absolute Gasteiger partial charge is 0.315 e. The maximum absolute atomic E-state index is 11.6. The molecular formula is C12H16N4O3. The van der Waals surface area contributed by atoms with Crippen LogP contribution in [0, 0.1) is 5.92 Å². The average molecular weight is 264 g/mol. The molecule has 1 aliphatic carbocycles. The van der Waals surface area contributed by atoms with Crippen molar-refractivity contribution < 1.29 is 14.7 Å². The number of carboxylic acids is 1. The molecule has 7 nitrogen and oxygen atoms in total. The van der Waals surface area contributed by atoms with Crippen LogP contribution in [0.5, 0.6) is 0 Å². The van der Waals surface area contributed by atoms with Crippen LogP contribution in [0.1, 0.15) is 12.1 Å². The Morgan fingerprint density at radius 1 is 1.53 bits per heavy atom. The average Bonchev–Trinajstić information content (AvgIpc) is 2.96. The summed E-state index contributed by atoms with van der Waals surface area (Å²) in [4.78, 5) is 22.4. The lowest BCUT2D eigenvalue weighted by Crippen LogP contribution is -2.41. The van der Waals surface area contributed by atoms with Crippen LogP contribution in [-0.2, 0) is 18.4 Å². The number of rotatable bonds is 4. The lowest BCUT2D eigenvalue weighted by molar-refractivity contribution is -0.140. The second kappa shape index (κ2) is 5.55. The molecule has 1 aliphatic rings. The van der Waals surface area contributed by atoms with E-state index in [0.29, 0.717) is 13.0 Å². The maximum Gasteiger partial charge on any atom is 0.315 e. The number of aliphatic carboxylic acids is 1. The van der Waals surface area contributed by atoms with Gasteiger partial charge in [-0.25, -0.2) is 4.79 Å². The Bertz CT molecular complexity index is 509. The molecule has 0 bridgehead atoms. The summed E-state index contributed by atoms with van der Waals surface area (Å²) >= 11 is 0. The fourth-order valence-electron chi connectivity index (χ4n) is 1.95. The molecule has 1 aromatic rings. The fourth-order valence-corrected chi connectivity index (χ4v) is 1.95. The molecule has 1 heterocycles. The van der Waals surface area contributed by atoms with E-state index in [0.717, 1.165) is 5.69 Å². The highest BCUT2D eigenvalue weighted by molar-refractivity contribution is 5.76. The standard InChI is InChI=1S/C12H16N4O3/c1-16-10(4-5-14-16)7-13-12(19)15-9-3-2-8(6-9)11(17)18/h2-5,8-9H,6-7H2,1H3,(H,17,18)(H2,13,15,19). The summed E-state index contributed by atoms with van der Waals surface area (Å²) in [5.74, 6) is -1.38. The van der Waals surface area contributed by atoms with Crippen molar-refractivity contribution in [1.29, 1.82) is 0 Å². The third-order valence-corrected chi connectivity index (χ3v) is 3.07. The van der Waals surface area contributed by atoms with E-state index >= 15 is 0 Å². The van der Waals surface area contributed by atoms with Crippen molar-refractivity contribution in [2.75, 3.05) is 0 Å². The Morgan fingerprint density at radius 2 is 2.32 bits per heavy atom. The summed E-state index contributed by atoms with van der Waals surface area (Å²) < 4.78 is 1.68. The van der Waals surface area contributed by atoms with Crippen LogP contribution in [0.15, 0.2) is 24.4 Å².